The predicted molar refractivity (Wildman–Crippen MR) is 78.3 cm³/mol. The lowest BCUT2D eigenvalue weighted by Crippen LogP contribution is -1.98. The number of hydrogen-bond donors (Lipinski definition) is 1. The summed E-state index contributed by atoms with van der Waals surface area (Å²) in [6, 6.07) is 11.2. The number of aliphatic hydroxyl groups is 1. The Morgan fingerprint density at radius 1 is 1.24 bits per heavy atom. The molecule has 1 N–H and O–H groups in total. The van der Waals surface area contributed by atoms with Crippen molar-refractivity contribution in [1.82, 2.24) is 4.98 Å². The van der Waals surface area contributed by atoms with Gasteiger partial charge in [0, 0.05) is 23.7 Å². The van der Waals surface area contributed by atoms with Crippen LogP contribution in [0.15, 0.2) is 42.7 Å². The maximum Gasteiger partial charge on any atom is 0.139 e. The smallest absolute Gasteiger partial charge is 0.139 e. The zero-order valence-corrected chi connectivity index (χ0v) is 11.4. The van der Waals surface area contributed by atoms with Crippen molar-refractivity contribution in [3.05, 3.63) is 59.4 Å². The van der Waals surface area contributed by atoms with Crippen molar-refractivity contribution in [2.75, 3.05) is 6.61 Å². The lowest BCUT2D eigenvalue weighted by atomic mass is 10.1. The van der Waals surface area contributed by atoms with Crippen molar-refractivity contribution in [2.45, 2.75) is 13.0 Å². The first-order chi connectivity index (χ1) is 10.3. The zero-order chi connectivity index (χ0) is 14.9. The Labute approximate surface area is 123 Å². The number of benzene rings is 1. The van der Waals surface area contributed by atoms with Crippen molar-refractivity contribution in [3.8, 4) is 23.7 Å². The molecule has 0 amide bonds. The van der Waals surface area contributed by atoms with E-state index in [0.717, 1.165) is 11.1 Å². The van der Waals surface area contributed by atoms with Crippen LogP contribution in [0.3, 0.4) is 0 Å². The Balaban J connectivity index is 2.06. The fourth-order valence-electron chi connectivity index (χ4n) is 1.70. The molecule has 104 valence electrons. The molecular weight excluding hydrogens is 264 g/mol. The van der Waals surface area contributed by atoms with Gasteiger partial charge in [-0.1, -0.05) is 30.0 Å². The van der Waals surface area contributed by atoms with E-state index < -0.39 is 0 Å². The van der Waals surface area contributed by atoms with E-state index in [1.165, 1.54) is 0 Å². The molecule has 0 aliphatic rings. The fourth-order valence-corrected chi connectivity index (χ4v) is 1.70. The number of hydrogen-bond acceptors (Lipinski definition) is 4. The van der Waals surface area contributed by atoms with E-state index >= 15 is 0 Å². The summed E-state index contributed by atoms with van der Waals surface area (Å²) in [5.41, 5.74) is 2.16. The molecular formula is C17H14N2O2. The van der Waals surface area contributed by atoms with Gasteiger partial charge in [0.15, 0.2) is 0 Å². The van der Waals surface area contributed by atoms with Gasteiger partial charge in [0.2, 0.25) is 0 Å². The minimum absolute atomic E-state index is 0.0432. The van der Waals surface area contributed by atoms with Gasteiger partial charge in [-0.25, -0.2) is 0 Å². The van der Waals surface area contributed by atoms with E-state index in [9.17, 15) is 0 Å². The molecule has 0 bridgehead atoms. The van der Waals surface area contributed by atoms with Crippen LogP contribution in [0.2, 0.25) is 0 Å². The minimum Gasteiger partial charge on any atom is -0.487 e. The Morgan fingerprint density at radius 2 is 2.10 bits per heavy atom. The van der Waals surface area contributed by atoms with Crippen molar-refractivity contribution in [3.63, 3.8) is 0 Å². The summed E-state index contributed by atoms with van der Waals surface area (Å²) < 4.78 is 5.65. The van der Waals surface area contributed by atoms with Crippen molar-refractivity contribution in [2.24, 2.45) is 0 Å². The van der Waals surface area contributed by atoms with Crippen LogP contribution in [-0.4, -0.2) is 16.7 Å². The molecule has 0 saturated heterocycles. The Morgan fingerprint density at radius 3 is 2.90 bits per heavy atom. The van der Waals surface area contributed by atoms with Crippen LogP contribution in [0.25, 0.3) is 0 Å². The highest BCUT2D eigenvalue weighted by Gasteiger charge is 2.02. The third-order valence-corrected chi connectivity index (χ3v) is 2.71. The number of aromatic nitrogens is 1. The first-order valence-electron chi connectivity index (χ1n) is 6.49. The third-order valence-electron chi connectivity index (χ3n) is 2.71. The quantitative estimate of drug-likeness (QED) is 0.871. The molecule has 2 rings (SSSR count). The fraction of sp³-hybridized carbons (Fsp3) is 0.176. The van der Waals surface area contributed by atoms with E-state index in [0.29, 0.717) is 24.3 Å². The highest BCUT2D eigenvalue weighted by molar-refractivity contribution is 5.39. The summed E-state index contributed by atoms with van der Waals surface area (Å²) in [5, 5.41) is 17.7. The number of nitrogens with zero attached hydrogens (tertiary/aromatic N) is 2. The number of nitriles is 1. The molecule has 1 aromatic carbocycles. The summed E-state index contributed by atoms with van der Waals surface area (Å²) in [6.45, 7) is 0.348. The molecule has 2 aromatic rings. The molecule has 4 nitrogen and oxygen atoms in total. The highest BCUT2D eigenvalue weighted by Crippen LogP contribution is 2.15. The van der Waals surface area contributed by atoms with Gasteiger partial charge in [0.25, 0.3) is 0 Å². The molecule has 1 aromatic heterocycles. The van der Waals surface area contributed by atoms with E-state index in [4.69, 9.17) is 15.1 Å². The maximum absolute atomic E-state index is 9.02. The van der Waals surface area contributed by atoms with Gasteiger partial charge in [-0.2, -0.15) is 5.26 Å². The molecule has 0 saturated carbocycles. The van der Waals surface area contributed by atoms with Crippen molar-refractivity contribution >= 4 is 0 Å². The van der Waals surface area contributed by atoms with E-state index in [1.807, 2.05) is 18.2 Å². The van der Waals surface area contributed by atoms with Crippen molar-refractivity contribution < 1.29 is 9.84 Å². The van der Waals surface area contributed by atoms with Gasteiger partial charge in [-0.15, -0.1) is 0 Å². The number of aliphatic hydroxyl groups excluding tert-OH is 1. The first-order valence-corrected chi connectivity index (χ1v) is 6.49. The Kier molecular flexibility index (Phi) is 5.34. The number of ether oxygens (including phenoxy) is 1. The van der Waals surface area contributed by atoms with E-state index in [2.05, 4.69) is 22.9 Å². The molecule has 0 unspecified atom stereocenters. The van der Waals surface area contributed by atoms with Crippen LogP contribution in [0.4, 0.5) is 0 Å². The topological polar surface area (TPSA) is 66.1 Å². The van der Waals surface area contributed by atoms with Crippen LogP contribution in [0, 0.1) is 23.2 Å². The second kappa shape index (κ2) is 7.69. The van der Waals surface area contributed by atoms with Gasteiger partial charge in [0.1, 0.15) is 12.4 Å². The van der Waals surface area contributed by atoms with Gasteiger partial charge >= 0.3 is 0 Å². The Hall–Kier alpha value is -2.82. The molecule has 0 aliphatic carbocycles. The first kappa shape index (κ1) is 14.6. The number of pyridine rings is 1. The van der Waals surface area contributed by atoms with Crippen LogP contribution >= 0.6 is 0 Å². The second-order valence-corrected chi connectivity index (χ2v) is 4.24. The van der Waals surface area contributed by atoms with Gasteiger partial charge in [-0.3, -0.25) is 4.98 Å². The second-order valence-electron chi connectivity index (χ2n) is 4.24. The average molecular weight is 278 g/mol. The molecule has 0 fully saturated rings. The van der Waals surface area contributed by atoms with E-state index in [1.54, 1.807) is 24.5 Å². The monoisotopic (exact) mass is 278 g/mol. The van der Waals surface area contributed by atoms with Crippen LogP contribution in [0.1, 0.15) is 23.1 Å². The molecule has 0 radical (unpaired) electrons. The summed E-state index contributed by atoms with van der Waals surface area (Å²) in [6.07, 6.45) is 3.67. The highest BCUT2D eigenvalue weighted by atomic mass is 16.5. The normalized spacial score (nSPS) is 9.33. The van der Waals surface area contributed by atoms with Gasteiger partial charge in [0.05, 0.1) is 24.4 Å². The molecule has 4 heteroatoms. The molecule has 0 atom stereocenters. The molecule has 0 spiro atoms. The van der Waals surface area contributed by atoms with Gasteiger partial charge < -0.3 is 9.84 Å². The molecule has 21 heavy (non-hydrogen) atoms. The standard InChI is InChI=1S/C17H14N2O2/c18-10-15-6-1-2-7-16(15)13-21-17-9-14(11-19-12-17)5-3-4-8-20/h1-2,6-7,9,11-12,20H,4,8,13H2. The Bertz CT molecular complexity index is 708. The van der Waals surface area contributed by atoms with Crippen molar-refractivity contribution in [1.29, 1.82) is 5.26 Å². The SMILES string of the molecule is N#Cc1ccccc1COc1cncc(C#CCCO)c1. The lowest BCUT2D eigenvalue weighted by Gasteiger charge is -2.07. The largest absolute Gasteiger partial charge is 0.487 e. The van der Waals surface area contributed by atoms with Crippen LogP contribution < -0.4 is 4.74 Å². The summed E-state index contributed by atoms with van der Waals surface area (Å²) >= 11 is 0. The van der Waals surface area contributed by atoms with Gasteiger partial charge in [-0.05, 0) is 12.1 Å². The maximum atomic E-state index is 9.02. The summed E-state index contributed by atoms with van der Waals surface area (Å²) in [7, 11) is 0. The molecule has 1 heterocycles. The molecule has 0 aliphatic heterocycles. The van der Waals surface area contributed by atoms with Crippen LogP contribution in [0.5, 0.6) is 5.75 Å². The summed E-state index contributed by atoms with van der Waals surface area (Å²) in [5.74, 6) is 6.33. The predicted octanol–water partition coefficient (Wildman–Crippen LogP) is 2.27. The minimum atomic E-state index is 0.0432. The lowest BCUT2D eigenvalue weighted by molar-refractivity contribution is 0.304. The third kappa shape index (κ3) is 4.35. The van der Waals surface area contributed by atoms with Crippen LogP contribution in [-0.2, 0) is 6.61 Å². The average Bonchev–Trinajstić information content (AvgIpc) is 2.54. The summed E-state index contributed by atoms with van der Waals surface area (Å²) in [4.78, 5) is 4.06. The van der Waals surface area contributed by atoms with E-state index in [-0.39, 0.29) is 6.61 Å². The zero-order valence-electron chi connectivity index (χ0n) is 11.4. The number of rotatable bonds is 4.